The molecule has 0 saturated heterocycles. The maximum absolute atomic E-state index is 11.3. The van der Waals surface area contributed by atoms with Crippen LogP contribution >= 0.6 is 0 Å². The van der Waals surface area contributed by atoms with Gasteiger partial charge in [0.15, 0.2) is 0 Å². The zero-order valence-electron chi connectivity index (χ0n) is 9.28. The zero-order valence-corrected chi connectivity index (χ0v) is 11.1. The largest absolute Gasteiger partial charge is 0.414 e. The molecule has 0 aliphatic rings. The highest BCUT2D eigenvalue weighted by molar-refractivity contribution is 7.77. The minimum absolute atomic E-state index is 0.0869. The van der Waals surface area contributed by atoms with Crippen LogP contribution in [0.25, 0.3) is 0 Å². The average molecular weight is 286 g/mol. The third kappa shape index (κ3) is 5.29. The van der Waals surface area contributed by atoms with Crippen LogP contribution in [0.15, 0.2) is 11.6 Å². The molecular formula is C8H14O7S2. The number of carbonyl (C=O) groups is 1. The van der Waals surface area contributed by atoms with Gasteiger partial charge in [-0.3, -0.25) is 0 Å². The molecule has 0 aromatic rings. The predicted octanol–water partition coefficient (Wildman–Crippen LogP) is -1.25. The molecule has 0 amide bonds. The van der Waals surface area contributed by atoms with Gasteiger partial charge in [-0.05, 0) is 13.3 Å². The van der Waals surface area contributed by atoms with Crippen LogP contribution in [0.2, 0.25) is 0 Å². The number of hydrogen-bond acceptors (Lipinski definition) is 7. The van der Waals surface area contributed by atoms with Gasteiger partial charge in [0.2, 0.25) is 10.7 Å². The first kappa shape index (κ1) is 16.1. The van der Waals surface area contributed by atoms with E-state index in [0.717, 1.165) is 0 Å². The van der Waals surface area contributed by atoms with Gasteiger partial charge in [0.05, 0.1) is 0 Å². The summed E-state index contributed by atoms with van der Waals surface area (Å²) in [5.41, 5.74) is 0.0869. The third-order valence-electron chi connectivity index (χ3n) is 1.71. The maximum atomic E-state index is 11.3. The van der Waals surface area contributed by atoms with Gasteiger partial charge in [0, 0.05) is 5.57 Å². The summed E-state index contributed by atoms with van der Waals surface area (Å²) in [5.74, 6) is -2.27. The van der Waals surface area contributed by atoms with E-state index in [0.29, 0.717) is 6.42 Å². The second-order valence-electron chi connectivity index (χ2n) is 3.18. The van der Waals surface area contributed by atoms with Crippen LogP contribution in [0.4, 0.5) is 0 Å². The first-order chi connectivity index (χ1) is 7.73. The fourth-order valence-electron chi connectivity index (χ4n) is 0.914. The second-order valence-corrected chi connectivity index (χ2v) is 5.37. The summed E-state index contributed by atoms with van der Waals surface area (Å²) >= 11 is 0. The predicted molar refractivity (Wildman–Crippen MR) is 60.6 cm³/mol. The summed E-state index contributed by atoms with van der Waals surface area (Å²) < 4.78 is 46.5. The van der Waals surface area contributed by atoms with Gasteiger partial charge >= 0.3 is 11.1 Å². The number of carbonyl (C=O) groups excluding carboxylic acids is 1. The van der Waals surface area contributed by atoms with E-state index in [1.165, 1.54) is 13.0 Å². The Bertz CT molecular complexity index is 444. The molecule has 0 aliphatic heterocycles. The smallest absolute Gasteiger partial charge is 0.336 e. The Morgan fingerprint density at radius 3 is 2.24 bits per heavy atom. The van der Waals surface area contributed by atoms with Gasteiger partial charge in [-0.25, -0.2) is 21.6 Å². The van der Waals surface area contributed by atoms with Crippen molar-refractivity contribution in [2.24, 2.45) is 0 Å². The van der Waals surface area contributed by atoms with Gasteiger partial charge < -0.3 is 9.84 Å². The fourth-order valence-corrected chi connectivity index (χ4v) is 2.28. The average Bonchev–Trinajstić information content (AvgIpc) is 2.16. The van der Waals surface area contributed by atoms with Crippen LogP contribution in [-0.2, 0) is 30.9 Å². The quantitative estimate of drug-likeness (QED) is 0.242. The molecule has 1 unspecified atom stereocenters. The van der Waals surface area contributed by atoms with E-state index in [1.54, 1.807) is 6.92 Å². The zero-order chi connectivity index (χ0) is 13.6. The maximum Gasteiger partial charge on any atom is 0.336 e. The first-order valence-electron chi connectivity index (χ1n) is 4.61. The van der Waals surface area contributed by atoms with E-state index in [4.69, 9.17) is 0 Å². The molecule has 0 fully saturated rings. The van der Waals surface area contributed by atoms with Gasteiger partial charge in [-0.2, -0.15) is 0 Å². The van der Waals surface area contributed by atoms with Crippen LogP contribution in [-0.4, -0.2) is 38.8 Å². The van der Waals surface area contributed by atoms with E-state index in [9.17, 15) is 26.7 Å². The van der Waals surface area contributed by atoms with Crippen molar-refractivity contribution < 1.29 is 31.5 Å². The number of thiol groups is 2. The summed E-state index contributed by atoms with van der Waals surface area (Å²) in [4.78, 5) is 11.3. The van der Waals surface area contributed by atoms with E-state index >= 15 is 0 Å². The Hall–Kier alpha value is -0.930. The Kier molecular flexibility index (Phi) is 6.35. The lowest BCUT2D eigenvalue weighted by Gasteiger charge is -2.19. The molecule has 0 aromatic heterocycles. The van der Waals surface area contributed by atoms with Crippen molar-refractivity contribution >= 4 is 27.4 Å². The molecule has 0 aliphatic carbocycles. The molecule has 7 nitrogen and oxygen atoms in total. The monoisotopic (exact) mass is 286 g/mol. The molecule has 0 saturated carbocycles. The van der Waals surface area contributed by atoms with Gasteiger partial charge in [0.1, 0.15) is 16.5 Å². The number of ether oxygens (including phenoxy) is 1. The summed E-state index contributed by atoms with van der Waals surface area (Å²) in [6.07, 6.45) is 1.97. The summed E-state index contributed by atoms with van der Waals surface area (Å²) in [5, 5.41) is 6.39. The van der Waals surface area contributed by atoms with Crippen molar-refractivity contribution in [1.82, 2.24) is 0 Å². The first-order valence-corrected chi connectivity index (χ1v) is 7.15. The summed E-state index contributed by atoms with van der Waals surface area (Å²) in [6, 6.07) is 0. The van der Waals surface area contributed by atoms with Crippen LogP contribution in [0.5, 0.6) is 0 Å². The van der Waals surface area contributed by atoms with Crippen molar-refractivity contribution in [3.8, 4) is 0 Å². The minimum atomic E-state index is -3.64. The number of allylic oxidation sites excluding steroid dienone is 1. The lowest BCUT2D eigenvalue weighted by atomic mass is 10.2. The summed E-state index contributed by atoms with van der Waals surface area (Å²) in [7, 11) is -6.85. The van der Waals surface area contributed by atoms with Crippen molar-refractivity contribution in [2.75, 3.05) is 5.75 Å². The summed E-state index contributed by atoms with van der Waals surface area (Å²) in [6.45, 7) is 3.10. The Labute approximate surface area is 102 Å². The van der Waals surface area contributed by atoms with Gasteiger partial charge in [-0.1, -0.05) is 13.0 Å². The third-order valence-corrected chi connectivity index (χ3v) is 3.47. The molecule has 9 heteroatoms. The van der Waals surface area contributed by atoms with Gasteiger partial charge in [0.25, 0.3) is 0 Å². The second kappa shape index (κ2) is 6.72. The lowest BCUT2D eigenvalue weighted by molar-refractivity contribution is -0.168. The molecule has 17 heavy (non-hydrogen) atoms. The highest BCUT2D eigenvalue weighted by Gasteiger charge is 2.37. The number of esters is 1. The molecular weight excluding hydrogens is 272 g/mol. The van der Waals surface area contributed by atoms with E-state index in [2.05, 4.69) is 4.74 Å². The lowest BCUT2D eigenvalue weighted by Crippen LogP contribution is -2.41. The van der Waals surface area contributed by atoms with E-state index in [-0.39, 0.29) is 5.57 Å². The van der Waals surface area contributed by atoms with Crippen LogP contribution in [0.3, 0.4) is 0 Å². The SMILES string of the molecule is CCC=C(C)C(=O)OC(O)(C[SH](=O)=O)[SH](=O)=O. The highest BCUT2D eigenvalue weighted by Crippen LogP contribution is 2.12. The van der Waals surface area contributed by atoms with Crippen LogP contribution in [0, 0.1) is 0 Å². The van der Waals surface area contributed by atoms with E-state index < -0.39 is 38.2 Å². The highest BCUT2D eigenvalue weighted by atomic mass is 32.2. The Morgan fingerprint density at radius 2 is 1.88 bits per heavy atom. The molecule has 1 N–H and O–H groups in total. The minimum Gasteiger partial charge on any atom is -0.414 e. The van der Waals surface area contributed by atoms with Crippen molar-refractivity contribution in [2.45, 2.75) is 25.4 Å². The van der Waals surface area contributed by atoms with Crippen molar-refractivity contribution in [3.63, 3.8) is 0 Å². The van der Waals surface area contributed by atoms with Crippen molar-refractivity contribution in [1.29, 1.82) is 0 Å². The molecule has 0 radical (unpaired) electrons. The fraction of sp³-hybridized carbons (Fsp3) is 0.625. The normalized spacial score (nSPS) is 15.9. The number of rotatable bonds is 6. The number of hydrogen-bond donors (Lipinski definition) is 3. The number of aliphatic hydroxyl groups is 1. The molecule has 0 bridgehead atoms. The Morgan fingerprint density at radius 1 is 1.35 bits per heavy atom. The molecule has 1 atom stereocenters. The molecule has 0 rings (SSSR count). The molecule has 0 aromatic carbocycles. The van der Waals surface area contributed by atoms with E-state index in [1.807, 2.05) is 0 Å². The topological polar surface area (TPSA) is 115 Å². The molecule has 100 valence electrons. The van der Waals surface area contributed by atoms with Crippen LogP contribution in [0.1, 0.15) is 20.3 Å². The standard InChI is InChI=1S/C8H14O7S2/c1-3-4-6(2)7(9)15-8(10,17(13)14)5-16(11)12/h4,10,16-17H,3,5H2,1-2H3. The molecule has 0 heterocycles. The Balaban J connectivity index is 5.02. The van der Waals surface area contributed by atoms with Crippen molar-refractivity contribution in [3.05, 3.63) is 11.6 Å². The van der Waals surface area contributed by atoms with Gasteiger partial charge in [-0.15, -0.1) is 0 Å². The molecule has 0 spiro atoms. The van der Waals surface area contributed by atoms with Crippen LogP contribution < -0.4 is 0 Å².